The Morgan fingerprint density at radius 3 is 2.85 bits per heavy atom. The molecule has 7 heteroatoms. The first-order valence-electron chi connectivity index (χ1n) is 6.37. The molecule has 5 nitrogen and oxygen atoms in total. The van der Waals surface area contributed by atoms with Gasteiger partial charge in [-0.25, -0.2) is 17.5 Å². The van der Waals surface area contributed by atoms with Crippen molar-refractivity contribution in [1.82, 2.24) is 4.72 Å². The molecule has 0 saturated carbocycles. The summed E-state index contributed by atoms with van der Waals surface area (Å²) in [7, 11) is -3.78. The van der Waals surface area contributed by atoms with Crippen LogP contribution in [0.4, 0.5) is 4.39 Å². The van der Waals surface area contributed by atoms with Crippen molar-refractivity contribution in [2.75, 3.05) is 13.2 Å². The minimum atomic E-state index is -3.78. The minimum absolute atomic E-state index is 0.0436. The normalized spacial score (nSPS) is 23.8. The van der Waals surface area contributed by atoms with E-state index in [-0.39, 0.29) is 10.5 Å². The number of nitrogens with one attached hydrogen (secondary N) is 1. The highest BCUT2D eigenvalue weighted by molar-refractivity contribution is 7.89. The fourth-order valence-electron chi connectivity index (χ4n) is 2.24. The first-order valence-corrected chi connectivity index (χ1v) is 7.86. The fourth-order valence-corrected chi connectivity index (χ4v) is 3.71. The lowest BCUT2D eigenvalue weighted by molar-refractivity contribution is 0.0386. The van der Waals surface area contributed by atoms with Gasteiger partial charge < -0.3 is 9.84 Å². The van der Waals surface area contributed by atoms with Gasteiger partial charge in [-0.1, -0.05) is 0 Å². The van der Waals surface area contributed by atoms with E-state index >= 15 is 0 Å². The van der Waals surface area contributed by atoms with Crippen LogP contribution < -0.4 is 4.72 Å². The highest BCUT2D eigenvalue weighted by Gasteiger charge is 2.33. The number of hydrogen-bond acceptors (Lipinski definition) is 4. The predicted molar refractivity (Wildman–Crippen MR) is 71.1 cm³/mol. The van der Waals surface area contributed by atoms with E-state index < -0.39 is 28.0 Å². The molecule has 20 heavy (non-hydrogen) atoms. The zero-order chi connectivity index (χ0) is 14.8. The highest BCUT2D eigenvalue weighted by Crippen LogP contribution is 2.22. The van der Waals surface area contributed by atoms with Crippen molar-refractivity contribution in [1.29, 1.82) is 0 Å². The van der Waals surface area contributed by atoms with Crippen molar-refractivity contribution in [3.63, 3.8) is 0 Å². The van der Waals surface area contributed by atoms with E-state index in [0.717, 1.165) is 18.6 Å². The summed E-state index contributed by atoms with van der Waals surface area (Å²) in [6.45, 7) is 2.17. The van der Waals surface area contributed by atoms with Crippen molar-refractivity contribution in [2.45, 2.75) is 36.8 Å². The summed E-state index contributed by atoms with van der Waals surface area (Å²) in [5.41, 5.74) is -0.705. The van der Waals surface area contributed by atoms with Crippen LogP contribution in [0.5, 0.6) is 0 Å². The van der Waals surface area contributed by atoms with E-state index in [0.29, 0.717) is 19.6 Å². The van der Waals surface area contributed by atoms with E-state index in [1.165, 1.54) is 6.07 Å². The second kappa shape index (κ2) is 5.77. The molecule has 1 unspecified atom stereocenters. The molecule has 0 aliphatic carbocycles. The van der Waals surface area contributed by atoms with Crippen LogP contribution >= 0.6 is 0 Å². The standard InChI is InChI=1S/C13H18FNO4S/c1-13(5-2-6-19-9-13)15-20(17,18)11-3-4-12(14)10(7-11)8-16/h3-4,7,15-16H,2,5-6,8-9H2,1H3. The predicted octanol–water partition coefficient (Wildman–Crippen LogP) is 1.17. The van der Waals surface area contributed by atoms with Crippen LogP contribution in [0.1, 0.15) is 25.3 Å². The maximum atomic E-state index is 13.3. The summed E-state index contributed by atoms with van der Waals surface area (Å²) < 4.78 is 45.8. The van der Waals surface area contributed by atoms with Gasteiger partial charge in [-0.05, 0) is 38.0 Å². The average Bonchev–Trinajstić information content (AvgIpc) is 2.38. The van der Waals surface area contributed by atoms with E-state index in [1.807, 2.05) is 0 Å². The Hall–Kier alpha value is -1.02. The molecule has 0 spiro atoms. The molecule has 1 atom stereocenters. The second-order valence-corrected chi connectivity index (χ2v) is 6.92. The van der Waals surface area contributed by atoms with E-state index in [9.17, 15) is 12.8 Å². The van der Waals surface area contributed by atoms with Gasteiger partial charge in [-0.15, -0.1) is 0 Å². The molecule has 1 aliphatic rings. The average molecular weight is 303 g/mol. The zero-order valence-corrected chi connectivity index (χ0v) is 12.0. The molecule has 1 heterocycles. The maximum absolute atomic E-state index is 13.3. The second-order valence-electron chi connectivity index (χ2n) is 5.23. The number of rotatable bonds is 4. The Balaban J connectivity index is 2.26. The molecule has 0 radical (unpaired) electrons. The molecule has 2 rings (SSSR count). The molecule has 1 fully saturated rings. The van der Waals surface area contributed by atoms with Gasteiger partial charge >= 0.3 is 0 Å². The quantitative estimate of drug-likeness (QED) is 0.875. The summed E-state index contributed by atoms with van der Waals surface area (Å²) in [5, 5.41) is 9.01. The van der Waals surface area contributed by atoms with Crippen LogP contribution in [0.25, 0.3) is 0 Å². The van der Waals surface area contributed by atoms with E-state index in [2.05, 4.69) is 4.72 Å². The van der Waals surface area contributed by atoms with Crippen LogP contribution in [0.2, 0.25) is 0 Å². The van der Waals surface area contributed by atoms with Crippen molar-refractivity contribution in [2.24, 2.45) is 0 Å². The van der Waals surface area contributed by atoms with Crippen molar-refractivity contribution < 1.29 is 22.7 Å². The first kappa shape index (κ1) is 15.4. The van der Waals surface area contributed by atoms with Crippen LogP contribution in [0.15, 0.2) is 23.1 Å². The van der Waals surface area contributed by atoms with Crippen molar-refractivity contribution in [3.8, 4) is 0 Å². The lowest BCUT2D eigenvalue weighted by Gasteiger charge is -2.33. The molecular weight excluding hydrogens is 285 g/mol. The molecule has 1 aliphatic heterocycles. The third-order valence-corrected chi connectivity index (χ3v) is 4.95. The summed E-state index contributed by atoms with van der Waals surface area (Å²) in [6, 6.07) is 3.37. The van der Waals surface area contributed by atoms with E-state index in [1.54, 1.807) is 6.92 Å². The van der Waals surface area contributed by atoms with Gasteiger partial charge in [0.15, 0.2) is 0 Å². The molecule has 1 saturated heterocycles. The third-order valence-electron chi connectivity index (χ3n) is 3.32. The van der Waals surface area contributed by atoms with Gasteiger partial charge in [0.2, 0.25) is 10.0 Å². The summed E-state index contributed by atoms with van der Waals surface area (Å²) in [5.74, 6) is -0.626. The maximum Gasteiger partial charge on any atom is 0.241 e. The van der Waals surface area contributed by atoms with Crippen molar-refractivity contribution >= 4 is 10.0 Å². The molecule has 0 amide bonds. The van der Waals surface area contributed by atoms with Gasteiger partial charge in [0, 0.05) is 12.2 Å². The minimum Gasteiger partial charge on any atom is -0.392 e. The number of halogens is 1. The van der Waals surface area contributed by atoms with Gasteiger partial charge in [-0.3, -0.25) is 0 Å². The van der Waals surface area contributed by atoms with Crippen LogP contribution in [0.3, 0.4) is 0 Å². The van der Waals surface area contributed by atoms with Gasteiger partial charge in [-0.2, -0.15) is 0 Å². The fraction of sp³-hybridized carbons (Fsp3) is 0.538. The molecule has 2 N–H and O–H groups in total. The largest absolute Gasteiger partial charge is 0.392 e. The van der Waals surface area contributed by atoms with Gasteiger partial charge in [0.05, 0.1) is 23.6 Å². The van der Waals surface area contributed by atoms with Gasteiger partial charge in [0.25, 0.3) is 0 Å². The lowest BCUT2D eigenvalue weighted by Crippen LogP contribution is -2.51. The van der Waals surface area contributed by atoms with Crippen LogP contribution in [-0.2, 0) is 21.4 Å². The van der Waals surface area contributed by atoms with Crippen LogP contribution in [0, 0.1) is 5.82 Å². The Morgan fingerprint density at radius 1 is 1.50 bits per heavy atom. The zero-order valence-electron chi connectivity index (χ0n) is 11.2. The molecule has 0 aromatic heterocycles. The number of hydrogen-bond donors (Lipinski definition) is 2. The number of sulfonamides is 1. The SMILES string of the molecule is CC1(NS(=O)(=O)c2ccc(F)c(CO)c2)CCCOC1. The number of ether oxygens (including phenoxy) is 1. The topological polar surface area (TPSA) is 75.6 Å². The molecule has 112 valence electrons. The van der Waals surface area contributed by atoms with Gasteiger partial charge in [0.1, 0.15) is 5.82 Å². The molecule has 1 aromatic carbocycles. The molecule has 1 aromatic rings. The summed E-state index contributed by atoms with van der Waals surface area (Å²) in [6.07, 6.45) is 1.46. The highest BCUT2D eigenvalue weighted by atomic mass is 32.2. The number of benzene rings is 1. The Kier molecular flexibility index (Phi) is 4.43. The smallest absolute Gasteiger partial charge is 0.241 e. The Labute approximate surface area is 117 Å². The number of aliphatic hydroxyl groups is 1. The van der Waals surface area contributed by atoms with Crippen LogP contribution in [-0.4, -0.2) is 32.3 Å². The summed E-state index contributed by atoms with van der Waals surface area (Å²) >= 11 is 0. The Bertz CT molecular complexity index is 582. The Morgan fingerprint density at radius 2 is 2.25 bits per heavy atom. The third kappa shape index (κ3) is 3.35. The monoisotopic (exact) mass is 303 g/mol. The van der Waals surface area contributed by atoms with Crippen molar-refractivity contribution in [3.05, 3.63) is 29.6 Å². The number of aliphatic hydroxyl groups excluding tert-OH is 1. The lowest BCUT2D eigenvalue weighted by atomic mass is 9.97. The first-order chi connectivity index (χ1) is 9.36. The molecule has 0 bridgehead atoms. The summed E-state index contributed by atoms with van der Waals surface area (Å²) in [4.78, 5) is -0.0604. The molecular formula is C13H18FNO4S. The van der Waals surface area contributed by atoms with E-state index in [4.69, 9.17) is 9.84 Å².